The second-order valence-electron chi connectivity index (χ2n) is 6.30. The van der Waals surface area contributed by atoms with E-state index < -0.39 is 0 Å². The summed E-state index contributed by atoms with van der Waals surface area (Å²) in [4.78, 5) is 14.6. The molecule has 0 aliphatic carbocycles. The third-order valence-electron chi connectivity index (χ3n) is 4.47. The standard InChI is InChI=1S/C20H24N2O2.ClH/c21-13-17-8-5-11-22(14-17)20(23)18-9-4-10-19(12-18)24-15-16-6-2-1-3-7-16;/h1-4,6-7,9-10,12,17H,5,8,11,13-15,21H2;1H. The zero-order valence-electron chi connectivity index (χ0n) is 14.3. The lowest BCUT2D eigenvalue weighted by molar-refractivity contribution is 0.0677. The fourth-order valence-electron chi connectivity index (χ4n) is 3.08. The molecule has 1 aliphatic heterocycles. The lowest BCUT2D eigenvalue weighted by Crippen LogP contribution is -2.42. The largest absolute Gasteiger partial charge is 0.489 e. The lowest BCUT2D eigenvalue weighted by atomic mass is 9.97. The van der Waals surface area contributed by atoms with E-state index in [4.69, 9.17) is 10.5 Å². The van der Waals surface area contributed by atoms with E-state index in [-0.39, 0.29) is 18.3 Å². The van der Waals surface area contributed by atoms with Gasteiger partial charge in [-0.3, -0.25) is 4.79 Å². The molecule has 1 atom stereocenters. The maximum atomic E-state index is 12.7. The highest BCUT2D eigenvalue weighted by Crippen LogP contribution is 2.20. The first-order valence-electron chi connectivity index (χ1n) is 8.52. The summed E-state index contributed by atoms with van der Waals surface area (Å²) in [5, 5.41) is 0. The Morgan fingerprint density at radius 2 is 1.96 bits per heavy atom. The molecule has 1 amide bonds. The molecule has 4 nitrogen and oxygen atoms in total. The van der Waals surface area contributed by atoms with Crippen LogP contribution in [0, 0.1) is 5.92 Å². The molecule has 0 radical (unpaired) electrons. The summed E-state index contributed by atoms with van der Waals surface area (Å²) in [6.07, 6.45) is 2.14. The van der Waals surface area contributed by atoms with Crippen molar-refractivity contribution in [1.82, 2.24) is 4.90 Å². The molecule has 1 unspecified atom stereocenters. The minimum atomic E-state index is 0. The SMILES string of the molecule is Cl.NCC1CCCN(C(=O)c2cccc(OCc3ccccc3)c2)C1. The van der Waals surface area contributed by atoms with Crippen molar-refractivity contribution < 1.29 is 9.53 Å². The van der Waals surface area contributed by atoms with Crippen molar-refractivity contribution >= 4 is 18.3 Å². The number of ether oxygens (including phenoxy) is 1. The van der Waals surface area contributed by atoms with E-state index in [1.807, 2.05) is 59.5 Å². The molecule has 1 fully saturated rings. The number of halogens is 1. The summed E-state index contributed by atoms with van der Waals surface area (Å²) >= 11 is 0. The van der Waals surface area contributed by atoms with Crippen LogP contribution in [0.5, 0.6) is 5.75 Å². The van der Waals surface area contributed by atoms with Gasteiger partial charge in [-0.1, -0.05) is 36.4 Å². The van der Waals surface area contributed by atoms with Gasteiger partial charge in [0.15, 0.2) is 0 Å². The third kappa shape index (κ3) is 5.21. The first-order chi connectivity index (χ1) is 11.8. The summed E-state index contributed by atoms with van der Waals surface area (Å²) in [5.74, 6) is 1.20. The minimum Gasteiger partial charge on any atom is -0.489 e. The Labute approximate surface area is 155 Å². The maximum Gasteiger partial charge on any atom is 0.253 e. The fourth-order valence-corrected chi connectivity index (χ4v) is 3.08. The average molecular weight is 361 g/mol. The summed E-state index contributed by atoms with van der Waals surface area (Å²) in [7, 11) is 0. The second kappa shape index (κ2) is 9.44. The smallest absolute Gasteiger partial charge is 0.253 e. The topological polar surface area (TPSA) is 55.6 Å². The number of amides is 1. The van der Waals surface area contributed by atoms with E-state index in [0.29, 0.717) is 24.6 Å². The molecule has 2 N–H and O–H groups in total. The zero-order valence-corrected chi connectivity index (χ0v) is 15.1. The lowest BCUT2D eigenvalue weighted by Gasteiger charge is -2.32. The second-order valence-corrected chi connectivity index (χ2v) is 6.30. The molecule has 2 aromatic rings. The summed E-state index contributed by atoms with van der Waals surface area (Å²) in [6, 6.07) is 17.4. The van der Waals surface area contributed by atoms with Crippen LogP contribution in [0.3, 0.4) is 0 Å². The molecule has 0 aromatic heterocycles. The number of nitrogens with zero attached hydrogens (tertiary/aromatic N) is 1. The van der Waals surface area contributed by atoms with Gasteiger partial charge in [0.1, 0.15) is 12.4 Å². The Morgan fingerprint density at radius 3 is 2.72 bits per heavy atom. The van der Waals surface area contributed by atoms with E-state index in [2.05, 4.69) is 0 Å². The molecule has 134 valence electrons. The van der Waals surface area contributed by atoms with Gasteiger partial charge >= 0.3 is 0 Å². The van der Waals surface area contributed by atoms with Crippen LogP contribution in [0.2, 0.25) is 0 Å². The summed E-state index contributed by atoms with van der Waals surface area (Å²) in [5.41, 5.74) is 7.55. The molecule has 0 spiro atoms. The van der Waals surface area contributed by atoms with Gasteiger partial charge < -0.3 is 15.4 Å². The molecular formula is C20H25ClN2O2. The van der Waals surface area contributed by atoms with Crippen LogP contribution in [-0.4, -0.2) is 30.4 Å². The minimum absolute atomic E-state index is 0. The van der Waals surface area contributed by atoms with Gasteiger partial charge in [0.2, 0.25) is 0 Å². The number of carbonyl (C=O) groups is 1. The first kappa shape index (κ1) is 19.3. The zero-order chi connectivity index (χ0) is 16.8. The Kier molecular flexibility index (Phi) is 7.29. The van der Waals surface area contributed by atoms with E-state index in [0.717, 1.165) is 37.2 Å². The number of hydrogen-bond donors (Lipinski definition) is 1. The van der Waals surface area contributed by atoms with Crippen molar-refractivity contribution in [3.05, 3.63) is 65.7 Å². The predicted octanol–water partition coefficient (Wildman–Crippen LogP) is 3.50. The van der Waals surface area contributed by atoms with E-state index >= 15 is 0 Å². The van der Waals surface area contributed by atoms with Crippen molar-refractivity contribution in [3.63, 3.8) is 0 Å². The molecular weight excluding hydrogens is 336 g/mol. The molecule has 3 rings (SSSR count). The Bertz CT molecular complexity index is 678. The fraction of sp³-hybridized carbons (Fsp3) is 0.350. The molecule has 5 heteroatoms. The van der Waals surface area contributed by atoms with Gasteiger partial charge in [-0.15, -0.1) is 12.4 Å². The number of rotatable bonds is 5. The Morgan fingerprint density at radius 1 is 1.16 bits per heavy atom. The average Bonchev–Trinajstić information content (AvgIpc) is 2.67. The monoisotopic (exact) mass is 360 g/mol. The molecule has 1 saturated heterocycles. The maximum absolute atomic E-state index is 12.7. The van der Waals surface area contributed by atoms with E-state index in [1.54, 1.807) is 0 Å². The number of likely N-dealkylation sites (tertiary alicyclic amines) is 1. The van der Waals surface area contributed by atoms with Crippen LogP contribution in [-0.2, 0) is 6.61 Å². The van der Waals surface area contributed by atoms with Crippen molar-refractivity contribution in [1.29, 1.82) is 0 Å². The van der Waals surface area contributed by atoms with E-state index in [9.17, 15) is 4.79 Å². The van der Waals surface area contributed by atoms with Gasteiger partial charge in [-0.2, -0.15) is 0 Å². The van der Waals surface area contributed by atoms with Crippen molar-refractivity contribution in [2.45, 2.75) is 19.4 Å². The van der Waals surface area contributed by atoms with Gasteiger partial charge in [-0.05, 0) is 49.1 Å². The number of piperidine rings is 1. The number of benzene rings is 2. The normalized spacial score (nSPS) is 16.8. The van der Waals surface area contributed by atoms with Gasteiger partial charge in [0.25, 0.3) is 5.91 Å². The van der Waals surface area contributed by atoms with E-state index in [1.165, 1.54) is 0 Å². The van der Waals surface area contributed by atoms with Crippen LogP contribution in [0.25, 0.3) is 0 Å². The Balaban J connectivity index is 0.00000225. The number of hydrogen-bond acceptors (Lipinski definition) is 3. The predicted molar refractivity (Wildman–Crippen MR) is 102 cm³/mol. The van der Waals surface area contributed by atoms with Crippen LogP contribution in [0.4, 0.5) is 0 Å². The molecule has 0 bridgehead atoms. The third-order valence-corrected chi connectivity index (χ3v) is 4.47. The molecule has 25 heavy (non-hydrogen) atoms. The van der Waals surface area contributed by atoms with Crippen LogP contribution in [0.15, 0.2) is 54.6 Å². The Hall–Kier alpha value is -2.04. The van der Waals surface area contributed by atoms with Gasteiger partial charge in [0.05, 0.1) is 0 Å². The highest BCUT2D eigenvalue weighted by molar-refractivity contribution is 5.94. The number of nitrogens with two attached hydrogens (primary N) is 1. The highest BCUT2D eigenvalue weighted by Gasteiger charge is 2.23. The summed E-state index contributed by atoms with van der Waals surface area (Å²) < 4.78 is 5.82. The van der Waals surface area contributed by atoms with Crippen LogP contribution < -0.4 is 10.5 Å². The highest BCUT2D eigenvalue weighted by atomic mass is 35.5. The summed E-state index contributed by atoms with van der Waals surface area (Å²) in [6.45, 7) is 2.70. The van der Waals surface area contributed by atoms with Crippen molar-refractivity contribution in [2.75, 3.05) is 19.6 Å². The molecule has 1 heterocycles. The van der Waals surface area contributed by atoms with Gasteiger partial charge in [0, 0.05) is 18.7 Å². The number of carbonyl (C=O) groups excluding carboxylic acids is 1. The van der Waals surface area contributed by atoms with Crippen LogP contribution in [0.1, 0.15) is 28.8 Å². The molecule has 0 saturated carbocycles. The van der Waals surface area contributed by atoms with Crippen molar-refractivity contribution in [2.24, 2.45) is 11.7 Å². The van der Waals surface area contributed by atoms with Crippen LogP contribution >= 0.6 is 12.4 Å². The molecule has 2 aromatic carbocycles. The van der Waals surface area contributed by atoms with Crippen molar-refractivity contribution in [3.8, 4) is 5.75 Å². The first-order valence-corrected chi connectivity index (χ1v) is 8.52. The van der Waals surface area contributed by atoms with Gasteiger partial charge in [-0.25, -0.2) is 0 Å². The quantitative estimate of drug-likeness (QED) is 0.887. The molecule has 1 aliphatic rings.